The van der Waals surface area contributed by atoms with Crippen LogP contribution >= 0.6 is 11.6 Å². The first-order chi connectivity index (χ1) is 18.4. The number of nitrogens with zero attached hydrogens (tertiary/aromatic N) is 6. The maximum atomic E-state index is 13.2. The van der Waals surface area contributed by atoms with E-state index in [2.05, 4.69) is 15.2 Å². The maximum absolute atomic E-state index is 13.2. The Morgan fingerprint density at radius 3 is 2.38 bits per heavy atom. The van der Waals surface area contributed by atoms with Crippen LogP contribution in [0.2, 0.25) is 5.02 Å². The van der Waals surface area contributed by atoms with Crippen molar-refractivity contribution in [1.29, 1.82) is 0 Å². The zero-order valence-corrected chi connectivity index (χ0v) is 21.8. The van der Waals surface area contributed by atoms with Gasteiger partial charge in [-0.1, -0.05) is 43.6 Å². The lowest BCUT2D eigenvalue weighted by Gasteiger charge is -2.15. The minimum absolute atomic E-state index is 0.0141. The van der Waals surface area contributed by atoms with Gasteiger partial charge in [0.2, 0.25) is 5.82 Å². The lowest BCUT2D eigenvalue weighted by molar-refractivity contribution is -0.207. The average Bonchev–Trinajstić information content (AvgIpc) is 3.45. The number of para-hydroxylation sites is 1. The molecule has 1 N–H and O–H groups in total. The molecule has 2 aromatic heterocycles. The van der Waals surface area contributed by atoms with E-state index in [9.17, 15) is 27.9 Å². The number of halogens is 4. The molecule has 0 amide bonds. The first kappa shape index (κ1) is 28.0. The van der Waals surface area contributed by atoms with Gasteiger partial charge in [0.1, 0.15) is 6.54 Å². The molecule has 1 atom stereocenters. The summed E-state index contributed by atoms with van der Waals surface area (Å²) in [6, 6.07) is 13.2. The number of aromatic nitrogens is 6. The van der Waals surface area contributed by atoms with E-state index in [1.165, 1.54) is 36.1 Å². The van der Waals surface area contributed by atoms with Crippen molar-refractivity contribution in [2.75, 3.05) is 7.11 Å². The molecule has 0 spiro atoms. The standard InChI is InChI=1S/C25H24ClF3N6O4/c1-14(2)17-6-4-5-7-18(17)35-22(23(37)39-3)30-20(31-35)13-34-24(38)33(12-19(36)25(27,28)29)21(32-34)15-8-10-16(26)11-9-15/h4-11,14,19,36H,12-13H2,1-3H3. The Balaban J connectivity index is 1.81. The van der Waals surface area contributed by atoms with Gasteiger partial charge in [0.15, 0.2) is 17.8 Å². The van der Waals surface area contributed by atoms with Crippen LogP contribution in [0.3, 0.4) is 0 Å². The van der Waals surface area contributed by atoms with Crippen LogP contribution in [0.1, 0.15) is 41.8 Å². The van der Waals surface area contributed by atoms with Crippen molar-refractivity contribution in [3.8, 4) is 17.1 Å². The molecule has 39 heavy (non-hydrogen) atoms. The molecule has 1 unspecified atom stereocenters. The highest BCUT2D eigenvalue weighted by Crippen LogP contribution is 2.25. The summed E-state index contributed by atoms with van der Waals surface area (Å²) in [5.74, 6) is -1.00. The third kappa shape index (κ3) is 5.88. The normalized spacial score (nSPS) is 12.6. The molecule has 0 saturated carbocycles. The molecule has 14 heteroatoms. The molecule has 206 valence electrons. The van der Waals surface area contributed by atoms with Gasteiger partial charge in [0, 0.05) is 10.6 Å². The number of methoxy groups -OCH3 is 1. The summed E-state index contributed by atoms with van der Waals surface area (Å²) in [4.78, 5) is 30.0. The molecule has 0 saturated heterocycles. The van der Waals surface area contributed by atoms with Crippen LogP contribution in [-0.2, 0) is 17.8 Å². The largest absolute Gasteiger partial charge is 0.463 e. The molecule has 4 aromatic rings. The third-order valence-electron chi connectivity index (χ3n) is 5.86. The van der Waals surface area contributed by atoms with Crippen molar-refractivity contribution in [2.45, 2.75) is 45.1 Å². The fraction of sp³-hybridized carbons (Fsp3) is 0.320. The predicted octanol–water partition coefficient (Wildman–Crippen LogP) is 3.83. The molecule has 2 aromatic carbocycles. The summed E-state index contributed by atoms with van der Waals surface area (Å²) >= 11 is 5.92. The maximum Gasteiger partial charge on any atom is 0.416 e. The Labute approximate surface area is 225 Å². The number of benzene rings is 2. The van der Waals surface area contributed by atoms with Crippen molar-refractivity contribution >= 4 is 17.6 Å². The topological polar surface area (TPSA) is 117 Å². The number of hydrogen-bond donors (Lipinski definition) is 1. The zero-order valence-electron chi connectivity index (χ0n) is 21.1. The first-order valence-electron chi connectivity index (χ1n) is 11.7. The van der Waals surface area contributed by atoms with E-state index in [0.717, 1.165) is 10.2 Å². The van der Waals surface area contributed by atoms with Crippen molar-refractivity contribution in [1.82, 2.24) is 29.1 Å². The Morgan fingerprint density at radius 2 is 1.77 bits per heavy atom. The number of hydrogen-bond acceptors (Lipinski definition) is 7. The van der Waals surface area contributed by atoms with Crippen LogP contribution in [0.15, 0.2) is 53.3 Å². The molecule has 0 bridgehead atoms. The van der Waals surface area contributed by atoms with Crippen LogP contribution in [0.4, 0.5) is 13.2 Å². The number of carbonyl (C=O) groups is 1. The Kier molecular flexibility index (Phi) is 7.93. The molecule has 0 aliphatic carbocycles. The van der Waals surface area contributed by atoms with Crippen LogP contribution in [0.5, 0.6) is 0 Å². The second-order valence-corrected chi connectivity index (χ2v) is 9.34. The van der Waals surface area contributed by atoms with E-state index < -0.39 is 30.5 Å². The van der Waals surface area contributed by atoms with Gasteiger partial charge in [-0.15, -0.1) is 10.2 Å². The first-order valence-corrected chi connectivity index (χ1v) is 12.1. The summed E-state index contributed by atoms with van der Waals surface area (Å²) < 4.78 is 47.1. The molecule has 4 rings (SSSR count). The summed E-state index contributed by atoms with van der Waals surface area (Å²) in [5.41, 5.74) is 0.789. The minimum atomic E-state index is -4.96. The quantitative estimate of drug-likeness (QED) is 0.323. The van der Waals surface area contributed by atoms with Gasteiger partial charge < -0.3 is 9.84 Å². The van der Waals surface area contributed by atoms with Crippen LogP contribution in [0, 0.1) is 0 Å². The van der Waals surface area contributed by atoms with E-state index in [4.69, 9.17) is 16.3 Å². The molecule has 0 fully saturated rings. The number of aliphatic hydroxyl groups is 1. The van der Waals surface area contributed by atoms with Crippen LogP contribution in [0.25, 0.3) is 17.1 Å². The Hall–Kier alpha value is -3.97. The number of carbonyl (C=O) groups excluding carboxylic acids is 1. The van der Waals surface area contributed by atoms with Gasteiger partial charge in [0.25, 0.3) is 0 Å². The summed E-state index contributed by atoms with van der Waals surface area (Å²) in [6.45, 7) is 2.47. The molecule has 2 heterocycles. The number of alkyl halides is 3. The van der Waals surface area contributed by atoms with E-state index in [0.29, 0.717) is 20.8 Å². The van der Waals surface area contributed by atoms with Crippen molar-refractivity contribution in [3.63, 3.8) is 0 Å². The van der Waals surface area contributed by atoms with Crippen LogP contribution in [-0.4, -0.2) is 59.6 Å². The van der Waals surface area contributed by atoms with Gasteiger partial charge >= 0.3 is 17.8 Å². The monoisotopic (exact) mass is 564 g/mol. The molecular formula is C25H24ClF3N6O4. The number of esters is 1. The van der Waals surface area contributed by atoms with Crippen molar-refractivity contribution < 1.29 is 27.8 Å². The Morgan fingerprint density at radius 1 is 1.10 bits per heavy atom. The molecule has 0 radical (unpaired) electrons. The van der Waals surface area contributed by atoms with Gasteiger partial charge in [-0.05, 0) is 41.8 Å². The van der Waals surface area contributed by atoms with E-state index >= 15 is 0 Å². The predicted molar refractivity (Wildman–Crippen MR) is 135 cm³/mol. The Bertz CT molecular complexity index is 1540. The van der Waals surface area contributed by atoms with E-state index in [-0.39, 0.29) is 29.9 Å². The summed E-state index contributed by atoms with van der Waals surface area (Å²) in [6.07, 6.45) is -7.77. The van der Waals surface area contributed by atoms with Crippen LogP contribution < -0.4 is 5.69 Å². The summed E-state index contributed by atoms with van der Waals surface area (Å²) in [5, 5.41) is 18.7. The number of ether oxygens (including phenoxy) is 1. The van der Waals surface area contributed by atoms with E-state index in [1.807, 2.05) is 26.0 Å². The molecule has 0 aliphatic rings. The molecule has 0 aliphatic heterocycles. The van der Waals surface area contributed by atoms with Crippen molar-refractivity contribution in [2.24, 2.45) is 0 Å². The number of rotatable bonds is 8. The highest BCUT2D eigenvalue weighted by molar-refractivity contribution is 6.30. The second kappa shape index (κ2) is 11.0. The zero-order chi connectivity index (χ0) is 28.5. The SMILES string of the molecule is COC(=O)c1nc(Cn2nc(-c3ccc(Cl)cc3)n(CC(O)C(F)(F)F)c2=O)nn1-c1ccccc1C(C)C. The van der Waals surface area contributed by atoms with Gasteiger partial charge in [-0.3, -0.25) is 4.57 Å². The minimum Gasteiger partial charge on any atom is -0.463 e. The lowest BCUT2D eigenvalue weighted by atomic mass is 10.0. The third-order valence-corrected chi connectivity index (χ3v) is 6.11. The van der Waals surface area contributed by atoms with Gasteiger partial charge in [-0.25, -0.2) is 23.9 Å². The lowest BCUT2D eigenvalue weighted by Crippen LogP contribution is -2.37. The number of aliphatic hydroxyl groups excluding tert-OH is 1. The second-order valence-electron chi connectivity index (χ2n) is 8.91. The highest BCUT2D eigenvalue weighted by Gasteiger charge is 2.39. The van der Waals surface area contributed by atoms with Gasteiger partial charge in [0.05, 0.1) is 19.3 Å². The summed E-state index contributed by atoms with van der Waals surface area (Å²) in [7, 11) is 1.19. The molecule has 10 nitrogen and oxygen atoms in total. The van der Waals surface area contributed by atoms with Crippen molar-refractivity contribution in [3.05, 3.63) is 81.3 Å². The van der Waals surface area contributed by atoms with Gasteiger partial charge in [-0.2, -0.15) is 13.2 Å². The smallest absolute Gasteiger partial charge is 0.416 e. The average molecular weight is 565 g/mol. The van der Waals surface area contributed by atoms with E-state index in [1.54, 1.807) is 12.1 Å². The highest BCUT2D eigenvalue weighted by atomic mass is 35.5. The fourth-order valence-electron chi connectivity index (χ4n) is 3.91. The molecular weight excluding hydrogens is 541 g/mol. The fourth-order valence-corrected chi connectivity index (χ4v) is 4.04.